The summed E-state index contributed by atoms with van der Waals surface area (Å²) in [5.74, 6) is 1.19. The fourth-order valence-corrected chi connectivity index (χ4v) is 5.00. The van der Waals surface area contributed by atoms with Crippen LogP contribution in [0.1, 0.15) is 5.69 Å². The van der Waals surface area contributed by atoms with Gasteiger partial charge in [-0.25, -0.2) is 9.78 Å². The van der Waals surface area contributed by atoms with Crippen LogP contribution >= 0.6 is 11.3 Å². The molecule has 1 fully saturated rings. The number of anilines is 1. The number of rotatable bonds is 6. The lowest BCUT2D eigenvalue weighted by molar-refractivity contribution is 0.142. The molecule has 186 valence electrons. The van der Waals surface area contributed by atoms with Crippen LogP contribution in [-0.4, -0.2) is 70.8 Å². The van der Waals surface area contributed by atoms with E-state index in [2.05, 4.69) is 20.3 Å². The normalized spacial score (nSPS) is 14.1. The molecule has 0 aliphatic carbocycles. The highest BCUT2D eigenvalue weighted by Gasteiger charge is 2.23. The van der Waals surface area contributed by atoms with Crippen molar-refractivity contribution in [1.29, 1.82) is 0 Å². The maximum Gasteiger partial charge on any atom is 0.322 e. The lowest BCUT2D eigenvalue weighted by Crippen LogP contribution is -2.49. The Morgan fingerprint density at radius 1 is 1.03 bits per heavy atom. The SMILES string of the molecule is COc1ccc(NC(=O)N2CCN(Cc3cc(=O)n4nc(-c5ccccc5)sc4n3)CC2)c(OC)c1. The van der Waals surface area contributed by atoms with E-state index in [9.17, 15) is 9.59 Å². The van der Waals surface area contributed by atoms with E-state index in [0.29, 0.717) is 60.6 Å². The van der Waals surface area contributed by atoms with Crippen LogP contribution in [0.2, 0.25) is 0 Å². The van der Waals surface area contributed by atoms with E-state index < -0.39 is 0 Å². The molecule has 3 heterocycles. The van der Waals surface area contributed by atoms with Crippen LogP contribution in [0.25, 0.3) is 15.5 Å². The molecule has 1 saturated heterocycles. The van der Waals surface area contributed by atoms with E-state index >= 15 is 0 Å². The van der Waals surface area contributed by atoms with Crippen LogP contribution in [0, 0.1) is 0 Å². The van der Waals surface area contributed by atoms with Crippen molar-refractivity contribution in [2.75, 3.05) is 45.7 Å². The first-order chi connectivity index (χ1) is 17.5. The van der Waals surface area contributed by atoms with Gasteiger partial charge in [0.1, 0.15) is 16.5 Å². The largest absolute Gasteiger partial charge is 0.497 e. The molecule has 2 aromatic heterocycles. The average molecular weight is 507 g/mol. The molecule has 5 rings (SSSR count). The first kappa shape index (κ1) is 23.8. The number of nitrogens with zero attached hydrogens (tertiary/aromatic N) is 5. The summed E-state index contributed by atoms with van der Waals surface area (Å²) in [6.07, 6.45) is 0. The molecule has 1 N–H and O–H groups in total. The van der Waals surface area contributed by atoms with Gasteiger partial charge in [-0.05, 0) is 12.1 Å². The van der Waals surface area contributed by atoms with Crippen LogP contribution in [0.15, 0.2) is 59.4 Å². The minimum Gasteiger partial charge on any atom is -0.497 e. The predicted octanol–water partition coefficient (Wildman–Crippen LogP) is 3.18. The molecule has 4 aromatic rings. The number of hydrogen-bond donors (Lipinski definition) is 1. The zero-order valence-electron chi connectivity index (χ0n) is 20.0. The minimum atomic E-state index is -0.195. The highest BCUT2D eigenvalue weighted by atomic mass is 32.1. The van der Waals surface area contributed by atoms with Crippen LogP contribution in [0.4, 0.5) is 10.5 Å². The van der Waals surface area contributed by atoms with Gasteiger partial charge in [-0.2, -0.15) is 9.61 Å². The van der Waals surface area contributed by atoms with Crippen molar-refractivity contribution in [1.82, 2.24) is 24.4 Å². The molecule has 10 nitrogen and oxygen atoms in total. The Bertz CT molecular complexity index is 1430. The maximum atomic E-state index is 12.8. The third-order valence-electron chi connectivity index (χ3n) is 6.01. The van der Waals surface area contributed by atoms with Crippen LogP contribution in [0.3, 0.4) is 0 Å². The van der Waals surface area contributed by atoms with Gasteiger partial charge in [0, 0.05) is 50.4 Å². The highest BCUT2D eigenvalue weighted by Crippen LogP contribution is 2.29. The number of methoxy groups -OCH3 is 2. The van der Waals surface area contributed by atoms with Gasteiger partial charge in [-0.1, -0.05) is 41.7 Å². The fourth-order valence-electron chi connectivity index (χ4n) is 4.07. The van der Waals surface area contributed by atoms with E-state index in [1.54, 1.807) is 37.3 Å². The lowest BCUT2D eigenvalue weighted by Gasteiger charge is -2.34. The second kappa shape index (κ2) is 10.3. The summed E-state index contributed by atoms with van der Waals surface area (Å²) < 4.78 is 11.9. The number of piperazine rings is 1. The van der Waals surface area contributed by atoms with Crippen molar-refractivity contribution in [2.24, 2.45) is 0 Å². The smallest absolute Gasteiger partial charge is 0.322 e. The standard InChI is InChI=1S/C25H26N6O4S/c1-34-19-8-9-20(21(15-19)35-2)27-24(33)30-12-10-29(11-13-30)16-18-14-22(32)31-25(26-18)36-23(28-31)17-6-4-3-5-7-17/h3-9,14-15H,10-13,16H2,1-2H3,(H,27,33). The minimum absolute atomic E-state index is 0.186. The summed E-state index contributed by atoms with van der Waals surface area (Å²) in [5.41, 5.74) is 2.04. The molecule has 0 spiro atoms. The lowest BCUT2D eigenvalue weighted by atomic mass is 10.2. The van der Waals surface area contributed by atoms with Gasteiger partial charge in [0.25, 0.3) is 5.56 Å². The topological polar surface area (TPSA) is 101 Å². The van der Waals surface area contributed by atoms with Gasteiger partial charge < -0.3 is 19.7 Å². The molecule has 0 bridgehead atoms. The maximum absolute atomic E-state index is 12.8. The molecule has 1 aliphatic rings. The summed E-state index contributed by atoms with van der Waals surface area (Å²) >= 11 is 1.39. The van der Waals surface area contributed by atoms with E-state index in [1.165, 1.54) is 21.9 Å². The molecule has 0 atom stereocenters. The number of hydrogen-bond acceptors (Lipinski definition) is 8. The Morgan fingerprint density at radius 2 is 1.81 bits per heavy atom. The van der Waals surface area contributed by atoms with Crippen molar-refractivity contribution in [2.45, 2.75) is 6.54 Å². The number of benzene rings is 2. The van der Waals surface area contributed by atoms with E-state index in [0.717, 1.165) is 10.6 Å². The average Bonchev–Trinajstić information content (AvgIpc) is 3.35. The highest BCUT2D eigenvalue weighted by molar-refractivity contribution is 7.19. The summed E-state index contributed by atoms with van der Waals surface area (Å²) in [4.78, 5) is 34.7. The van der Waals surface area contributed by atoms with Crippen molar-refractivity contribution in [3.63, 3.8) is 0 Å². The van der Waals surface area contributed by atoms with Crippen molar-refractivity contribution < 1.29 is 14.3 Å². The number of nitrogens with one attached hydrogen (secondary N) is 1. The second-order valence-electron chi connectivity index (χ2n) is 8.31. The van der Waals surface area contributed by atoms with Gasteiger partial charge in [0.05, 0.1) is 25.6 Å². The van der Waals surface area contributed by atoms with Crippen LogP contribution < -0.4 is 20.3 Å². The third kappa shape index (κ3) is 5.02. The molecule has 0 radical (unpaired) electrons. The molecule has 36 heavy (non-hydrogen) atoms. The van der Waals surface area contributed by atoms with Gasteiger partial charge in [0.15, 0.2) is 0 Å². The Kier molecular flexibility index (Phi) is 6.83. The first-order valence-electron chi connectivity index (χ1n) is 11.5. The number of ether oxygens (including phenoxy) is 2. The molecule has 0 saturated carbocycles. The Morgan fingerprint density at radius 3 is 2.53 bits per heavy atom. The Balaban J connectivity index is 1.21. The van der Waals surface area contributed by atoms with E-state index in [1.807, 2.05) is 30.3 Å². The summed E-state index contributed by atoms with van der Waals surface area (Å²) in [6, 6.07) is 16.4. The zero-order chi connectivity index (χ0) is 25.1. The van der Waals surface area contributed by atoms with E-state index in [-0.39, 0.29) is 11.6 Å². The molecular formula is C25H26N6O4S. The number of amides is 2. The predicted molar refractivity (Wildman–Crippen MR) is 138 cm³/mol. The molecule has 1 aliphatic heterocycles. The van der Waals surface area contributed by atoms with Crippen molar-refractivity contribution >= 4 is 28.0 Å². The van der Waals surface area contributed by atoms with Gasteiger partial charge >= 0.3 is 6.03 Å². The Hall–Kier alpha value is -3.96. The Labute approximate surface area is 211 Å². The van der Waals surface area contributed by atoms with Crippen molar-refractivity contribution in [3.05, 3.63) is 70.6 Å². The fraction of sp³-hybridized carbons (Fsp3) is 0.280. The quantitative estimate of drug-likeness (QED) is 0.429. The zero-order valence-corrected chi connectivity index (χ0v) is 20.8. The monoisotopic (exact) mass is 506 g/mol. The van der Waals surface area contributed by atoms with Crippen LogP contribution in [0.5, 0.6) is 11.5 Å². The number of urea groups is 1. The van der Waals surface area contributed by atoms with Crippen LogP contribution in [-0.2, 0) is 6.54 Å². The number of carbonyl (C=O) groups excluding carboxylic acids is 1. The second-order valence-corrected chi connectivity index (χ2v) is 9.27. The molecular weight excluding hydrogens is 480 g/mol. The third-order valence-corrected chi connectivity index (χ3v) is 6.97. The van der Waals surface area contributed by atoms with Gasteiger partial charge in [-0.15, -0.1) is 0 Å². The molecule has 2 aromatic carbocycles. The number of aromatic nitrogens is 3. The number of carbonyl (C=O) groups is 1. The summed E-state index contributed by atoms with van der Waals surface area (Å²) in [7, 11) is 3.13. The van der Waals surface area contributed by atoms with Gasteiger partial charge in [-0.3, -0.25) is 9.69 Å². The van der Waals surface area contributed by atoms with E-state index in [4.69, 9.17) is 9.47 Å². The molecule has 0 unspecified atom stereocenters. The van der Waals surface area contributed by atoms with Crippen molar-refractivity contribution in [3.8, 4) is 22.1 Å². The first-order valence-corrected chi connectivity index (χ1v) is 12.3. The summed E-state index contributed by atoms with van der Waals surface area (Å²) in [6.45, 7) is 3.00. The summed E-state index contributed by atoms with van der Waals surface area (Å²) in [5, 5.41) is 8.11. The molecule has 11 heteroatoms. The molecule has 2 amide bonds. The number of fused-ring (bicyclic) bond motifs is 1. The van der Waals surface area contributed by atoms with Gasteiger partial charge in [0.2, 0.25) is 4.96 Å².